The number of carbonyl (C=O) groups excluding carboxylic acids is 2. The molecular formula is C15H16N2O3. The SMILES string of the molecule is CNC(=O)[C@H](C)OC(=O)c1cc(C)nc2ccccc12. The number of likely N-dealkylation sites (N-methyl/N-ethyl adjacent to an activating group) is 1. The number of para-hydroxylation sites is 1. The summed E-state index contributed by atoms with van der Waals surface area (Å²) in [5.74, 6) is -0.865. The molecule has 0 saturated heterocycles. The van der Waals surface area contributed by atoms with E-state index in [9.17, 15) is 9.59 Å². The van der Waals surface area contributed by atoms with Crippen molar-refractivity contribution in [3.8, 4) is 0 Å². The Morgan fingerprint density at radius 1 is 1.30 bits per heavy atom. The molecule has 0 aliphatic heterocycles. The maximum atomic E-state index is 12.2. The number of pyridine rings is 1. The summed E-state index contributed by atoms with van der Waals surface area (Å²) in [5, 5.41) is 3.16. The van der Waals surface area contributed by atoms with Gasteiger partial charge in [-0.25, -0.2) is 4.79 Å². The van der Waals surface area contributed by atoms with Crippen LogP contribution in [0.25, 0.3) is 10.9 Å². The van der Waals surface area contributed by atoms with Crippen LogP contribution in [0.4, 0.5) is 0 Å². The highest BCUT2D eigenvalue weighted by Crippen LogP contribution is 2.19. The normalized spacial score (nSPS) is 11.9. The molecule has 0 aliphatic rings. The van der Waals surface area contributed by atoms with Crippen molar-refractivity contribution in [2.24, 2.45) is 0 Å². The van der Waals surface area contributed by atoms with E-state index < -0.39 is 12.1 Å². The Balaban J connectivity index is 2.37. The number of carbonyl (C=O) groups is 2. The van der Waals surface area contributed by atoms with Crippen molar-refractivity contribution in [3.63, 3.8) is 0 Å². The van der Waals surface area contributed by atoms with E-state index in [0.29, 0.717) is 10.9 Å². The maximum absolute atomic E-state index is 12.2. The Labute approximate surface area is 117 Å². The van der Waals surface area contributed by atoms with E-state index in [0.717, 1.165) is 11.2 Å². The van der Waals surface area contributed by atoms with Gasteiger partial charge >= 0.3 is 5.97 Å². The van der Waals surface area contributed by atoms with Gasteiger partial charge in [0.15, 0.2) is 6.10 Å². The molecule has 0 spiro atoms. The van der Waals surface area contributed by atoms with E-state index in [1.54, 1.807) is 6.07 Å². The number of ether oxygens (including phenoxy) is 1. The number of hydrogen-bond donors (Lipinski definition) is 1. The lowest BCUT2D eigenvalue weighted by molar-refractivity contribution is -0.128. The molecule has 0 bridgehead atoms. The van der Waals surface area contributed by atoms with Gasteiger partial charge in [0.1, 0.15) is 0 Å². The molecule has 1 aromatic carbocycles. The summed E-state index contributed by atoms with van der Waals surface area (Å²) < 4.78 is 5.17. The average molecular weight is 272 g/mol. The Hall–Kier alpha value is -2.43. The van der Waals surface area contributed by atoms with Crippen molar-refractivity contribution in [2.75, 3.05) is 7.05 Å². The number of amides is 1. The molecule has 5 heteroatoms. The lowest BCUT2D eigenvalue weighted by atomic mass is 10.1. The molecule has 1 amide bonds. The Morgan fingerprint density at radius 3 is 2.70 bits per heavy atom. The van der Waals surface area contributed by atoms with Gasteiger partial charge in [-0.1, -0.05) is 18.2 Å². The fourth-order valence-electron chi connectivity index (χ4n) is 1.96. The standard InChI is InChI=1S/C15H16N2O3/c1-9-8-12(11-6-4-5-7-13(11)17-9)15(19)20-10(2)14(18)16-3/h4-8,10H,1-3H3,(H,16,18)/t10-/m0/s1. The second-order valence-electron chi connectivity index (χ2n) is 4.49. The summed E-state index contributed by atoms with van der Waals surface area (Å²) in [5.41, 5.74) is 1.87. The van der Waals surface area contributed by atoms with E-state index in [1.807, 2.05) is 31.2 Å². The van der Waals surface area contributed by atoms with Crippen molar-refractivity contribution in [1.29, 1.82) is 0 Å². The molecular weight excluding hydrogens is 256 g/mol. The van der Waals surface area contributed by atoms with Gasteiger partial charge in [-0.3, -0.25) is 9.78 Å². The molecule has 1 aromatic heterocycles. The van der Waals surface area contributed by atoms with Crippen LogP contribution in [-0.4, -0.2) is 30.0 Å². The maximum Gasteiger partial charge on any atom is 0.339 e. The number of aromatic nitrogens is 1. The number of hydrogen-bond acceptors (Lipinski definition) is 4. The van der Waals surface area contributed by atoms with Crippen LogP contribution in [0.2, 0.25) is 0 Å². The minimum Gasteiger partial charge on any atom is -0.449 e. The summed E-state index contributed by atoms with van der Waals surface area (Å²) in [7, 11) is 1.50. The molecule has 0 fully saturated rings. The topological polar surface area (TPSA) is 68.3 Å². The van der Waals surface area contributed by atoms with E-state index in [2.05, 4.69) is 10.3 Å². The zero-order chi connectivity index (χ0) is 14.7. The van der Waals surface area contributed by atoms with Gasteiger partial charge < -0.3 is 10.1 Å². The molecule has 2 aromatic rings. The summed E-state index contributed by atoms with van der Waals surface area (Å²) >= 11 is 0. The van der Waals surface area contributed by atoms with Gasteiger partial charge in [-0.05, 0) is 26.0 Å². The number of nitrogens with zero attached hydrogens (tertiary/aromatic N) is 1. The van der Waals surface area contributed by atoms with E-state index in [1.165, 1.54) is 14.0 Å². The second-order valence-corrected chi connectivity index (χ2v) is 4.49. The third-order valence-corrected chi connectivity index (χ3v) is 2.96. The van der Waals surface area contributed by atoms with Crippen LogP contribution >= 0.6 is 0 Å². The Bertz CT molecular complexity index is 667. The van der Waals surface area contributed by atoms with Crippen molar-refractivity contribution in [2.45, 2.75) is 20.0 Å². The first-order chi connectivity index (χ1) is 9.52. The Kier molecular flexibility index (Phi) is 3.98. The molecule has 20 heavy (non-hydrogen) atoms. The molecule has 104 valence electrons. The predicted octanol–water partition coefficient (Wildman–Crippen LogP) is 1.83. The molecule has 5 nitrogen and oxygen atoms in total. The molecule has 0 unspecified atom stereocenters. The average Bonchev–Trinajstić information content (AvgIpc) is 2.45. The van der Waals surface area contributed by atoms with Crippen LogP contribution in [0.1, 0.15) is 23.0 Å². The van der Waals surface area contributed by atoms with Crippen LogP contribution in [0.15, 0.2) is 30.3 Å². The van der Waals surface area contributed by atoms with Crippen LogP contribution in [0, 0.1) is 6.92 Å². The van der Waals surface area contributed by atoms with Crippen molar-refractivity contribution < 1.29 is 14.3 Å². The molecule has 1 atom stereocenters. The Morgan fingerprint density at radius 2 is 2.00 bits per heavy atom. The van der Waals surface area contributed by atoms with Crippen molar-refractivity contribution in [1.82, 2.24) is 10.3 Å². The monoisotopic (exact) mass is 272 g/mol. The van der Waals surface area contributed by atoms with Crippen LogP contribution < -0.4 is 5.32 Å². The molecule has 2 rings (SSSR count). The highest BCUT2D eigenvalue weighted by molar-refractivity contribution is 6.04. The number of fused-ring (bicyclic) bond motifs is 1. The summed E-state index contributed by atoms with van der Waals surface area (Å²) in [6.07, 6.45) is -0.834. The molecule has 1 heterocycles. The third kappa shape index (κ3) is 2.77. The second kappa shape index (κ2) is 5.69. The van der Waals surface area contributed by atoms with E-state index >= 15 is 0 Å². The van der Waals surface area contributed by atoms with Crippen LogP contribution in [-0.2, 0) is 9.53 Å². The lowest BCUT2D eigenvalue weighted by Gasteiger charge is -2.13. The molecule has 1 N–H and O–H groups in total. The minimum absolute atomic E-state index is 0.339. The molecule has 0 radical (unpaired) electrons. The summed E-state index contributed by atoms with van der Waals surface area (Å²) in [4.78, 5) is 28.0. The van der Waals surface area contributed by atoms with Crippen LogP contribution in [0.5, 0.6) is 0 Å². The number of esters is 1. The highest BCUT2D eigenvalue weighted by atomic mass is 16.5. The quantitative estimate of drug-likeness (QED) is 0.866. The van der Waals surface area contributed by atoms with Gasteiger partial charge in [-0.2, -0.15) is 0 Å². The first-order valence-electron chi connectivity index (χ1n) is 6.32. The van der Waals surface area contributed by atoms with Crippen LogP contribution in [0.3, 0.4) is 0 Å². The first kappa shape index (κ1) is 14.0. The summed E-state index contributed by atoms with van der Waals surface area (Å²) in [6, 6.07) is 9.00. The predicted molar refractivity (Wildman–Crippen MR) is 75.4 cm³/mol. The molecule has 0 saturated carbocycles. The molecule has 0 aliphatic carbocycles. The van der Waals surface area contributed by atoms with Gasteiger partial charge in [0.05, 0.1) is 11.1 Å². The lowest BCUT2D eigenvalue weighted by Crippen LogP contribution is -2.33. The minimum atomic E-state index is -0.834. The third-order valence-electron chi connectivity index (χ3n) is 2.96. The first-order valence-corrected chi connectivity index (χ1v) is 6.32. The largest absolute Gasteiger partial charge is 0.449 e. The van der Waals surface area contributed by atoms with Gasteiger partial charge in [0, 0.05) is 18.1 Å². The zero-order valence-corrected chi connectivity index (χ0v) is 11.6. The van der Waals surface area contributed by atoms with Gasteiger partial charge in [0.25, 0.3) is 5.91 Å². The highest BCUT2D eigenvalue weighted by Gasteiger charge is 2.19. The fourth-order valence-corrected chi connectivity index (χ4v) is 1.96. The van der Waals surface area contributed by atoms with E-state index in [4.69, 9.17) is 4.74 Å². The smallest absolute Gasteiger partial charge is 0.339 e. The number of benzene rings is 1. The number of nitrogens with one attached hydrogen (secondary N) is 1. The van der Waals surface area contributed by atoms with Crippen molar-refractivity contribution >= 4 is 22.8 Å². The fraction of sp³-hybridized carbons (Fsp3) is 0.267. The van der Waals surface area contributed by atoms with Gasteiger partial charge in [-0.15, -0.1) is 0 Å². The van der Waals surface area contributed by atoms with Crippen molar-refractivity contribution in [3.05, 3.63) is 41.6 Å². The van der Waals surface area contributed by atoms with E-state index in [-0.39, 0.29) is 5.91 Å². The number of rotatable bonds is 3. The zero-order valence-electron chi connectivity index (χ0n) is 11.6. The van der Waals surface area contributed by atoms with Gasteiger partial charge in [0.2, 0.25) is 0 Å². The number of aryl methyl sites for hydroxylation is 1. The summed E-state index contributed by atoms with van der Waals surface area (Å²) in [6.45, 7) is 3.35.